The van der Waals surface area contributed by atoms with E-state index in [1.54, 1.807) is 12.1 Å². The maximum atomic E-state index is 13.2. The van der Waals surface area contributed by atoms with Gasteiger partial charge >= 0.3 is 0 Å². The van der Waals surface area contributed by atoms with Crippen LogP contribution in [0.15, 0.2) is 101 Å². The van der Waals surface area contributed by atoms with Crippen molar-refractivity contribution in [3.05, 3.63) is 112 Å². The molecule has 4 nitrogen and oxygen atoms in total. The van der Waals surface area contributed by atoms with Gasteiger partial charge in [-0.3, -0.25) is 14.9 Å². The lowest BCUT2D eigenvalue weighted by Crippen LogP contribution is -2.04. The van der Waals surface area contributed by atoms with Gasteiger partial charge < -0.3 is 0 Å². The first-order valence-corrected chi connectivity index (χ1v) is 9.49. The van der Waals surface area contributed by atoms with Crippen LogP contribution in [0.5, 0.6) is 0 Å². The lowest BCUT2D eigenvalue weighted by Gasteiger charge is -2.12. The van der Waals surface area contributed by atoms with Crippen LogP contribution in [-0.2, 0) is 0 Å². The van der Waals surface area contributed by atoms with E-state index >= 15 is 0 Å². The molecule has 0 heterocycles. The lowest BCUT2D eigenvalue weighted by atomic mass is 9.99. The highest BCUT2D eigenvalue weighted by Gasteiger charge is 2.19. The second kappa shape index (κ2) is 7.66. The van der Waals surface area contributed by atoms with E-state index in [4.69, 9.17) is 0 Å². The number of nitro benzene ring substituents is 1. The van der Waals surface area contributed by atoms with Crippen LogP contribution in [0.25, 0.3) is 10.8 Å². The van der Waals surface area contributed by atoms with Crippen molar-refractivity contribution in [2.75, 3.05) is 0 Å². The summed E-state index contributed by atoms with van der Waals surface area (Å²) < 4.78 is 0. The maximum absolute atomic E-state index is 13.2. The predicted octanol–water partition coefficient (Wildman–Crippen LogP) is 6.13. The van der Waals surface area contributed by atoms with E-state index in [-0.39, 0.29) is 11.5 Å². The van der Waals surface area contributed by atoms with Gasteiger partial charge in [0.25, 0.3) is 5.69 Å². The van der Waals surface area contributed by atoms with Gasteiger partial charge in [-0.2, -0.15) is 0 Å². The van der Waals surface area contributed by atoms with Gasteiger partial charge in [-0.1, -0.05) is 72.4 Å². The van der Waals surface area contributed by atoms with Gasteiger partial charge in [0.05, 0.1) is 4.92 Å². The number of carbonyl (C=O) groups excluding carboxylic acids is 1. The Morgan fingerprint density at radius 2 is 1.57 bits per heavy atom. The average molecular weight is 385 g/mol. The first-order valence-electron chi connectivity index (χ1n) is 8.67. The molecule has 0 aromatic heterocycles. The Morgan fingerprint density at radius 1 is 0.821 bits per heavy atom. The average Bonchev–Trinajstić information content (AvgIpc) is 2.74. The summed E-state index contributed by atoms with van der Waals surface area (Å²) in [5.74, 6) is -0.229. The standard InChI is InChI=1S/C23H15NO3S/c25-22(17-8-6-9-18(15-17)24(26)27)21-14-13-16-7-4-5-12-20(16)23(21)28-19-10-2-1-3-11-19/h1-15H. The molecule has 0 N–H and O–H groups in total. The minimum Gasteiger partial charge on any atom is -0.289 e. The molecule has 0 atom stereocenters. The summed E-state index contributed by atoms with van der Waals surface area (Å²) >= 11 is 1.52. The van der Waals surface area contributed by atoms with Gasteiger partial charge in [-0.15, -0.1) is 0 Å². The second-order valence-corrected chi connectivity index (χ2v) is 7.30. The van der Waals surface area contributed by atoms with Crippen LogP contribution in [0.2, 0.25) is 0 Å². The van der Waals surface area contributed by atoms with Crippen molar-refractivity contribution in [1.82, 2.24) is 0 Å². The third-order valence-electron chi connectivity index (χ3n) is 4.41. The predicted molar refractivity (Wildman–Crippen MR) is 111 cm³/mol. The highest BCUT2D eigenvalue weighted by molar-refractivity contribution is 7.99. The zero-order valence-electron chi connectivity index (χ0n) is 14.7. The Balaban J connectivity index is 1.86. The van der Waals surface area contributed by atoms with Crippen LogP contribution in [0, 0.1) is 10.1 Å². The zero-order chi connectivity index (χ0) is 19.5. The van der Waals surface area contributed by atoms with E-state index in [1.807, 2.05) is 60.7 Å². The number of nitrogens with zero attached hydrogens (tertiary/aromatic N) is 1. The monoisotopic (exact) mass is 385 g/mol. The molecule has 0 spiro atoms. The summed E-state index contributed by atoms with van der Waals surface area (Å²) in [5, 5.41) is 13.1. The number of hydrogen-bond donors (Lipinski definition) is 0. The molecule has 0 saturated heterocycles. The van der Waals surface area contributed by atoms with Crippen molar-refractivity contribution in [2.24, 2.45) is 0 Å². The van der Waals surface area contributed by atoms with Crippen molar-refractivity contribution < 1.29 is 9.72 Å². The summed E-state index contributed by atoms with van der Waals surface area (Å²) in [6.07, 6.45) is 0. The lowest BCUT2D eigenvalue weighted by molar-refractivity contribution is -0.384. The number of ketones is 1. The highest BCUT2D eigenvalue weighted by atomic mass is 32.2. The number of hydrogen-bond acceptors (Lipinski definition) is 4. The fraction of sp³-hybridized carbons (Fsp3) is 0. The quantitative estimate of drug-likeness (QED) is 0.235. The van der Waals surface area contributed by atoms with Crippen LogP contribution < -0.4 is 0 Å². The third kappa shape index (κ3) is 3.52. The number of non-ortho nitro benzene ring substituents is 1. The summed E-state index contributed by atoms with van der Waals surface area (Å²) in [7, 11) is 0. The molecule has 28 heavy (non-hydrogen) atoms. The smallest absolute Gasteiger partial charge is 0.270 e. The van der Waals surface area contributed by atoms with Crippen molar-refractivity contribution in [3.8, 4) is 0 Å². The van der Waals surface area contributed by atoms with Crippen molar-refractivity contribution >= 4 is 34.0 Å². The van der Waals surface area contributed by atoms with Crippen molar-refractivity contribution in [2.45, 2.75) is 9.79 Å². The first-order chi connectivity index (χ1) is 13.6. The second-order valence-electron chi connectivity index (χ2n) is 6.22. The maximum Gasteiger partial charge on any atom is 0.270 e. The minimum absolute atomic E-state index is 0.0936. The molecular weight excluding hydrogens is 370 g/mol. The van der Waals surface area contributed by atoms with Crippen LogP contribution in [0.1, 0.15) is 15.9 Å². The van der Waals surface area contributed by atoms with E-state index in [1.165, 1.54) is 30.0 Å². The molecule has 0 radical (unpaired) electrons. The fourth-order valence-corrected chi connectivity index (χ4v) is 4.15. The Hall–Kier alpha value is -3.44. The van der Waals surface area contributed by atoms with Crippen molar-refractivity contribution in [1.29, 1.82) is 0 Å². The van der Waals surface area contributed by atoms with E-state index in [9.17, 15) is 14.9 Å². The molecule has 4 aromatic rings. The molecule has 0 bridgehead atoms. The summed E-state index contributed by atoms with van der Waals surface area (Å²) in [6.45, 7) is 0. The Kier molecular flexibility index (Phi) is 4.91. The highest BCUT2D eigenvalue weighted by Crippen LogP contribution is 2.37. The number of benzene rings is 4. The van der Waals surface area contributed by atoms with Gasteiger partial charge in [-0.25, -0.2) is 0 Å². The van der Waals surface area contributed by atoms with Gasteiger partial charge in [0.1, 0.15) is 0 Å². The molecule has 4 rings (SSSR count). The molecule has 4 aromatic carbocycles. The molecule has 0 fully saturated rings. The van der Waals surface area contributed by atoms with E-state index in [2.05, 4.69) is 0 Å². The Bertz CT molecular complexity index is 1190. The number of carbonyl (C=O) groups is 1. The number of nitro groups is 1. The SMILES string of the molecule is O=C(c1cccc([N+](=O)[O-])c1)c1ccc2ccccc2c1Sc1ccccc1. The Labute approximate surface area is 166 Å². The molecular formula is C23H15NO3S. The molecule has 0 unspecified atom stereocenters. The molecule has 0 amide bonds. The first kappa shape index (κ1) is 17.9. The summed E-state index contributed by atoms with van der Waals surface area (Å²) in [5.41, 5.74) is 0.747. The van der Waals surface area contributed by atoms with E-state index < -0.39 is 4.92 Å². The molecule has 0 aliphatic heterocycles. The zero-order valence-corrected chi connectivity index (χ0v) is 15.6. The minimum atomic E-state index is -0.489. The van der Waals surface area contributed by atoms with E-state index in [0.717, 1.165) is 20.6 Å². The van der Waals surface area contributed by atoms with Gasteiger partial charge in [-0.05, 0) is 29.0 Å². The number of rotatable bonds is 5. The van der Waals surface area contributed by atoms with Crippen LogP contribution in [0.3, 0.4) is 0 Å². The fourth-order valence-electron chi connectivity index (χ4n) is 3.05. The molecule has 0 aliphatic rings. The van der Waals surface area contributed by atoms with Gasteiger partial charge in [0.15, 0.2) is 5.78 Å². The normalized spacial score (nSPS) is 10.7. The molecule has 136 valence electrons. The van der Waals surface area contributed by atoms with Crippen molar-refractivity contribution in [3.63, 3.8) is 0 Å². The summed E-state index contributed by atoms with van der Waals surface area (Å²) in [4.78, 5) is 25.7. The molecule has 0 saturated carbocycles. The topological polar surface area (TPSA) is 60.2 Å². The largest absolute Gasteiger partial charge is 0.289 e. The summed E-state index contributed by atoms with van der Waals surface area (Å²) in [6, 6.07) is 27.3. The van der Waals surface area contributed by atoms with Gasteiger partial charge in [0.2, 0.25) is 0 Å². The molecule has 5 heteroatoms. The van der Waals surface area contributed by atoms with Gasteiger partial charge in [0, 0.05) is 33.1 Å². The number of fused-ring (bicyclic) bond motifs is 1. The third-order valence-corrected chi connectivity index (χ3v) is 5.56. The molecule has 0 aliphatic carbocycles. The van der Waals surface area contributed by atoms with Crippen LogP contribution >= 0.6 is 11.8 Å². The Morgan fingerprint density at radius 3 is 2.36 bits per heavy atom. The van der Waals surface area contributed by atoms with Crippen LogP contribution in [0.4, 0.5) is 5.69 Å². The van der Waals surface area contributed by atoms with E-state index in [0.29, 0.717) is 11.1 Å². The van der Waals surface area contributed by atoms with Crippen LogP contribution in [-0.4, -0.2) is 10.7 Å².